The number of anilines is 2. The second-order valence-electron chi connectivity index (χ2n) is 9.02. The number of nitrogens with one attached hydrogen (secondary N) is 2. The van der Waals surface area contributed by atoms with Gasteiger partial charge in [0, 0.05) is 24.8 Å². The third-order valence-electron chi connectivity index (χ3n) is 7.01. The van der Waals surface area contributed by atoms with Crippen LogP contribution < -0.4 is 15.4 Å². The van der Waals surface area contributed by atoms with Crippen molar-refractivity contribution >= 4 is 23.2 Å². The van der Waals surface area contributed by atoms with Gasteiger partial charge >= 0.3 is 0 Å². The minimum Gasteiger partial charge on any atom is -0.496 e. The van der Waals surface area contributed by atoms with Gasteiger partial charge in [0.25, 0.3) is 0 Å². The van der Waals surface area contributed by atoms with Gasteiger partial charge in [0.15, 0.2) is 5.82 Å². The lowest BCUT2D eigenvalue weighted by molar-refractivity contribution is -0.131. The maximum atomic E-state index is 13.1. The molecule has 1 saturated heterocycles. The fraction of sp³-hybridized carbons (Fsp3) is 0.480. The number of carbonyl (C=O) groups excluding carboxylic acids is 1. The summed E-state index contributed by atoms with van der Waals surface area (Å²) in [6.07, 6.45) is 8.61. The molecule has 1 saturated carbocycles. The van der Waals surface area contributed by atoms with Crippen molar-refractivity contribution in [3.63, 3.8) is 0 Å². The van der Waals surface area contributed by atoms with Crippen LogP contribution in [-0.2, 0) is 11.2 Å². The van der Waals surface area contributed by atoms with Crippen LogP contribution in [-0.4, -0.2) is 53.4 Å². The molecule has 2 fully saturated rings. The monoisotopic (exact) mass is 433 g/mol. The molecule has 1 spiro atoms. The number of methoxy groups -OCH3 is 1. The van der Waals surface area contributed by atoms with Crippen molar-refractivity contribution in [1.29, 1.82) is 0 Å². The van der Waals surface area contributed by atoms with E-state index in [0.29, 0.717) is 25.6 Å². The molecule has 1 aromatic heterocycles. The molecule has 3 heterocycles. The number of aliphatic imine (C=N–C) groups is 1. The number of fused-ring (bicyclic) bond motifs is 1. The molecule has 0 radical (unpaired) electrons. The Labute approximate surface area is 189 Å². The van der Waals surface area contributed by atoms with Crippen molar-refractivity contribution in [3.8, 4) is 5.75 Å². The van der Waals surface area contributed by atoms with Crippen LogP contribution in [0.1, 0.15) is 44.1 Å². The van der Waals surface area contributed by atoms with Crippen molar-refractivity contribution in [1.82, 2.24) is 9.88 Å². The SMILES string of the molecule is COc1ccccc1CC(=O)N1CCC2(CC1)Nc1cccnc1NC2=NC1CCCC1. The van der Waals surface area contributed by atoms with Crippen LogP contribution in [0.25, 0.3) is 0 Å². The van der Waals surface area contributed by atoms with Gasteiger partial charge in [0.1, 0.15) is 11.6 Å². The maximum Gasteiger partial charge on any atom is 0.227 e. The molecule has 1 aromatic carbocycles. The summed E-state index contributed by atoms with van der Waals surface area (Å²) >= 11 is 0. The lowest BCUT2D eigenvalue weighted by Crippen LogP contribution is -2.59. The largest absolute Gasteiger partial charge is 0.496 e. The standard InChI is InChI=1S/C25H31N5O2/c1-32-21-11-5-2-7-18(21)17-22(31)30-15-12-25(13-16-30)24(27-19-8-3-4-9-19)28-23-20(29-25)10-6-14-26-23/h2,5-7,10-11,14,19,29H,3-4,8-9,12-13,15-17H2,1H3,(H,26,27,28). The van der Waals surface area contributed by atoms with Gasteiger partial charge in [-0.05, 0) is 43.9 Å². The van der Waals surface area contributed by atoms with Crippen LogP contribution in [0.3, 0.4) is 0 Å². The average molecular weight is 434 g/mol. The number of aromatic nitrogens is 1. The van der Waals surface area contributed by atoms with E-state index >= 15 is 0 Å². The zero-order chi connectivity index (χ0) is 22.0. The van der Waals surface area contributed by atoms with Crippen molar-refractivity contribution in [2.75, 3.05) is 30.8 Å². The summed E-state index contributed by atoms with van der Waals surface area (Å²) in [4.78, 5) is 24.7. The van der Waals surface area contributed by atoms with Gasteiger partial charge < -0.3 is 20.3 Å². The number of nitrogens with zero attached hydrogens (tertiary/aromatic N) is 3. The van der Waals surface area contributed by atoms with Gasteiger partial charge in [0.2, 0.25) is 5.91 Å². The Balaban J connectivity index is 1.33. The van der Waals surface area contributed by atoms with Gasteiger partial charge in [-0.2, -0.15) is 0 Å². The minimum absolute atomic E-state index is 0.143. The van der Waals surface area contributed by atoms with Crippen LogP contribution in [0, 0.1) is 0 Å². The van der Waals surface area contributed by atoms with Crippen molar-refractivity contribution < 1.29 is 9.53 Å². The van der Waals surface area contributed by atoms with E-state index < -0.39 is 0 Å². The predicted molar refractivity (Wildman–Crippen MR) is 126 cm³/mol. The topological polar surface area (TPSA) is 78.8 Å². The van der Waals surface area contributed by atoms with Crippen LogP contribution in [0.4, 0.5) is 11.5 Å². The molecule has 7 nitrogen and oxygen atoms in total. The number of amidine groups is 1. The van der Waals surface area contributed by atoms with E-state index in [1.165, 1.54) is 12.8 Å². The molecule has 1 aliphatic carbocycles. The van der Waals surface area contributed by atoms with E-state index in [4.69, 9.17) is 9.73 Å². The lowest BCUT2D eigenvalue weighted by Gasteiger charge is -2.46. The van der Waals surface area contributed by atoms with Crippen LogP contribution >= 0.6 is 0 Å². The van der Waals surface area contributed by atoms with E-state index in [2.05, 4.69) is 21.7 Å². The number of hydrogen-bond acceptors (Lipinski definition) is 5. The Morgan fingerprint density at radius 2 is 1.97 bits per heavy atom. The zero-order valence-corrected chi connectivity index (χ0v) is 18.6. The number of rotatable bonds is 4. The molecular formula is C25H31N5O2. The Hall–Kier alpha value is -3.09. The molecule has 32 heavy (non-hydrogen) atoms. The van der Waals surface area contributed by atoms with Crippen LogP contribution in [0.2, 0.25) is 0 Å². The summed E-state index contributed by atoms with van der Waals surface area (Å²) in [6, 6.07) is 12.1. The zero-order valence-electron chi connectivity index (χ0n) is 18.6. The highest BCUT2D eigenvalue weighted by Crippen LogP contribution is 2.37. The molecule has 2 N–H and O–H groups in total. The molecular weight excluding hydrogens is 402 g/mol. The number of benzene rings is 1. The number of ether oxygens (including phenoxy) is 1. The molecule has 168 valence electrons. The molecule has 3 aliphatic rings. The van der Waals surface area contributed by atoms with Gasteiger partial charge in [-0.3, -0.25) is 9.79 Å². The fourth-order valence-corrected chi connectivity index (χ4v) is 5.15. The Morgan fingerprint density at radius 1 is 1.19 bits per heavy atom. The molecule has 0 atom stereocenters. The van der Waals surface area contributed by atoms with Crippen LogP contribution in [0.5, 0.6) is 5.75 Å². The first-order chi connectivity index (χ1) is 15.7. The summed E-state index contributed by atoms with van der Waals surface area (Å²) in [6.45, 7) is 1.39. The summed E-state index contributed by atoms with van der Waals surface area (Å²) in [7, 11) is 1.65. The quantitative estimate of drug-likeness (QED) is 0.765. The first-order valence-electron chi connectivity index (χ1n) is 11.6. The van der Waals surface area contributed by atoms with Crippen molar-refractivity contribution in [2.45, 2.75) is 56.5 Å². The van der Waals surface area contributed by atoms with Gasteiger partial charge in [0.05, 0.1) is 30.8 Å². The maximum absolute atomic E-state index is 13.1. The summed E-state index contributed by atoms with van der Waals surface area (Å²) in [5.41, 5.74) is 1.66. The van der Waals surface area contributed by atoms with Crippen molar-refractivity contribution in [2.24, 2.45) is 4.99 Å². The van der Waals surface area contributed by atoms with Crippen LogP contribution in [0.15, 0.2) is 47.6 Å². The second-order valence-corrected chi connectivity index (χ2v) is 9.02. The van der Waals surface area contributed by atoms with Gasteiger partial charge in [-0.15, -0.1) is 0 Å². The smallest absolute Gasteiger partial charge is 0.227 e. The van der Waals surface area contributed by atoms with Crippen molar-refractivity contribution in [3.05, 3.63) is 48.2 Å². The summed E-state index contributed by atoms with van der Waals surface area (Å²) in [5.74, 6) is 2.74. The van der Waals surface area contributed by atoms with E-state index in [9.17, 15) is 4.79 Å². The molecule has 5 rings (SSSR count). The summed E-state index contributed by atoms with van der Waals surface area (Å²) in [5, 5.41) is 7.29. The molecule has 2 aliphatic heterocycles. The molecule has 0 bridgehead atoms. The van der Waals surface area contributed by atoms with E-state index in [-0.39, 0.29) is 11.4 Å². The first kappa shape index (κ1) is 20.8. The number of piperidine rings is 1. The highest BCUT2D eigenvalue weighted by Gasteiger charge is 2.44. The Bertz CT molecular complexity index is 1010. The number of para-hydroxylation sites is 1. The second kappa shape index (κ2) is 8.81. The molecule has 0 unspecified atom stereocenters. The summed E-state index contributed by atoms with van der Waals surface area (Å²) < 4.78 is 5.42. The number of carbonyl (C=O) groups is 1. The lowest BCUT2D eigenvalue weighted by atomic mass is 9.83. The highest BCUT2D eigenvalue weighted by atomic mass is 16.5. The van der Waals surface area contributed by atoms with E-state index in [1.54, 1.807) is 13.3 Å². The van der Waals surface area contributed by atoms with Gasteiger partial charge in [-0.1, -0.05) is 31.0 Å². The number of pyridine rings is 1. The van der Waals surface area contributed by atoms with E-state index in [0.717, 1.165) is 54.3 Å². The third kappa shape index (κ3) is 4.04. The number of amides is 1. The predicted octanol–water partition coefficient (Wildman–Crippen LogP) is 3.87. The Morgan fingerprint density at radius 3 is 2.75 bits per heavy atom. The minimum atomic E-state index is -0.278. The average Bonchev–Trinajstić information content (AvgIpc) is 3.34. The number of likely N-dealkylation sites (tertiary alicyclic amines) is 1. The number of hydrogen-bond donors (Lipinski definition) is 2. The highest BCUT2D eigenvalue weighted by molar-refractivity contribution is 6.08. The first-order valence-corrected chi connectivity index (χ1v) is 11.6. The third-order valence-corrected chi connectivity index (χ3v) is 7.01. The van der Waals surface area contributed by atoms with E-state index in [1.807, 2.05) is 35.2 Å². The molecule has 7 heteroatoms. The molecule has 1 amide bonds. The normalized spacial score (nSPS) is 21.2. The van der Waals surface area contributed by atoms with Gasteiger partial charge in [-0.25, -0.2) is 4.98 Å². The molecule has 2 aromatic rings. The fourth-order valence-electron chi connectivity index (χ4n) is 5.15. The Kier molecular flexibility index (Phi) is 5.72.